The molecule has 1 unspecified atom stereocenters. The van der Waals surface area contributed by atoms with Gasteiger partial charge in [-0.15, -0.1) is 0 Å². The van der Waals surface area contributed by atoms with E-state index in [2.05, 4.69) is 9.72 Å². The SMILES string of the molecule is CCOC(=O)C(Oc1ccc(Cl)c2cccnc12)C(=O)O. The van der Waals surface area contributed by atoms with E-state index in [1.54, 1.807) is 25.1 Å². The molecular formula is C14H12ClNO5. The number of nitrogens with zero attached hydrogens (tertiary/aromatic N) is 1. The van der Waals surface area contributed by atoms with E-state index in [0.29, 0.717) is 15.9 Å². The summed E-state index contributed by atoms with van der Waals surface area (Å²) in [5.74, 6) is -2.26. The highest BCUT2D eigenvalue weighted by Crippen LogP contribution is 2.30. The lowest BCUT2D eigenvalue weighted by atomic mass is 10.2. The van der Waals surface area contributed by atoms with Crippen molar-refractivity contribution in [1.29, 1.82) is 0 Å². The van der Waals surface area contributed by atoms with Crippen LogP contribution in [0.5, 0.6) is 5.75 Å². The lowest BCUT2D eigenvalue weighted by molar-refractivity contribution is -0.162. The van der Waals surface area contributed by atoms with Crippen LogP contribution in [0.2, 0.25) is 5.02 Å². The molecule has 2 rings (SSSR count). The first-order valence-electron chi connectivity index (χ1n) is 6.14. The zero-order chi connectivity index (χ0) is 15.4. The van der Waals surface area contributed by atoms with Gasteiger partial charge in [0.15, 0.2) is 0 Å². The molecule has 1 atom stereocenters. The van der Waals surface area contributed by atoms with Crippen molar-refractivity contribution in [3.8, 4) is 5.75 Å². The number of carbonyl (C=O) groups excluding carboxylic acids is 1. The third-order valence-electron chi connectivity index (χ3n) is 2.65. The summed E-state index contributed by atoms with van der Waals surface area (Å²) in [6, 6.07) is 6.42. The van der Waals surface area contributed by atoms with Gasteiger partial charge in [-0.2, -0.15) is 0 Å². The highest BCUT2D eigenvalue weighted by molar-refractivity contribution is 6.35. The molecule has 7 heteroatoms. The molecule has 0 bridgehead atoms. The number of benzene rings is 1. The highest BCUT2D eigenvalue weighted by Gasteiger charge is 2.30. The monoisotopic (exact) mass is 309 g/mol. The third-order valence-corrected chi connectivity index (χ3v) is 2.98. The van der Waals surface area contributed by atoms with Gasteiger partial charge in [-0.05, 0) is 31.2 Å². The Labute approximate surface area is 125 Å². The predicted molar refractivity (Wildman–Crippen MR) is 75.4 cm³/mol. The van der Waals surface area contributed by atoms with Crippen LogP contribution in [-0.4, -0.2) is 34.7 Å². The van der Waals surface area contributed by atoms with Crippen molar-refractivity contribution in [2.45, 2.75) is 13.0 Å². The minimum atomic E-state index is -1.75. The van der Waals surface area contributed by atoms with E-state index < -0.39 is 18.0 Å². The Morgan fingerprint density at radius 1 is 1.38 bits per heavy atom. The van der Waals surface area contributed by atoms with Gasteiger partial charge in [-0.3, -0.25) is 4.98 Å². The molecule has 0 spiro atoms. The van der Waals surface area contributed by atoms with Crippen LogP contribution in [0.25, 0.3) is 10.9 Å². The Hall–Kier alpha value is -2.34. The maximum absolute atomic E-state index is 11.6. The summed E-state index contributed by atoms with van der Waals surface area (Å²) < 4.78 is 9.95. The summed E-state index contributed by atoms with van der Waals surface area (Å²) in [5.41, 5.74) is 0.376. The van der Waals surface area contributed by atoms with Gasteiger partial charge in [0, 0.05) is 11.6 Å². The summed E-state index contributed by atoms with van der Waals surface area (Å²) in [6.07, 6.45) is -0.234. The number of rotatable bonds is 5. The van der Waals surface area contributed by atoms with Crippen LogP contribution in [0.15, 0.2) is 30.5 Å². The van der Waals surface area contributed by atoms with Gasteiger partial charge in [0.05, 0.1) is 11.6 Å². The van der Waals surface area contributed by atoms with E-state index in [1.807, 2.05) is 0 Å². The van der Waals surface area contributed by atoms with Crippen LogP contribution < -0.4 is 4.74 Å². The number of fused-ring (bicyclic) bond motifs is 1. The van der Waals surface area contributed by atoms with Gasteiger partial charge in [-0.25, -0.2) is 9.59 Å². The number of hydrogen-bond donors (Lipinski definition) is 1. The number of halogens is 1. The minimum absolute atomic E-state index is 0.0611. The second-order valence-corrected chi connectivity index (χ2v) is 4.44. The smallest absolute Gasteiger partial charge is 0.359 e. The number of aromatic nitrogens is 1. The lowest BCUT2D eigenvalue weighted by Gasteiger charge is -2.15. The van der Waals surface area contributed by atoms with Crippen molar-refractivity contribution in [2.24, 2.45) is 0 Å². The van der Waals surface area contributed by atoms with Crippen molar-refractivity contribution in [3.63, 3.8) is 0 Å². The molecule has 0 aliphatic rings. The van der Waals surface area contributed by atoms with Gasteiger partial charge in [0.25, 0.3) is 6.10 Å². The molecule has 1 aromatic heterocycles. The van der Waals surface area contributed by atoms with Gasteiger partial charge in [-0.1, -0.05) is 11.6 Å². The Morgan fingerprint density at radius 2 is 2.14 bits per heavy atom. The summed E-state index contributed by atoms with van der Waals surface area (Å²) in [5, 5.41) is 10.1. The summed E-state index contributed by atoms with van der Waals surface area (Å²) in [4.78, 5) is 26.9. The van der Waals surface area contributed by atoms with E-state index in [0.717, 1.165) is 0 Å². The average Bonchev–Trinajstić information content (AvgIpc) is 2.46. The van der Waals surface area contributed by atoms with Gasteiger partial charge >= 0.3 is 11.9 Å². The molecule has 0 aliphatic heterocycles. The van der Waals surface area contributed by atoms with E-state index in [1.165, 1.54) is 12.3 Å². The maximum Gasteiger partial charge on any atom is 0.359 e. The first-order chi connectivity index (χ1) is 10.0. The molecule has 0 fully saturated rings. The number of carbonyl (C=O) groups is 2. The Morgan fingerprint density at radius 3 is 2.81 bits per heavy atom. The van der Waals surface area contributed by atoms with Crippen LogP contribution in [-0.2, 0) is 14.3 Å². The van der Waals surface area contributed by atoms with E-state index >= 15 is 0 Å². The molecule has 6 nitrogen and oxygen atoms in total. The van der Waals surface area contributed by atoms with Crippen LogP contribution >= 0.6 is 11.6 Å². The molecule has 1 heterocycles. The Kier molecular flexibility index (Phi) is 4.59. The zero-order valence-electron chi connectivity index (χ0n) is 11.1. The second kappa shape index (κ2) is 6.41. The quantitative estimate of drug-likeness (QED) is 0.673. The summed E-state index contributed by atoms with van der Waals surface area (Å²) in [6.45, 7) is 1.64. The second-order valence-electron chi connectivity index (χ2n) is 4.03. The number of ether oxygens (including phenoxy) is 2. The first kappa shape index (κ1) is 15.1. The fraction of sp³-hybridized carbons (Fsp3) is 0.214. The van der Waals surface area contributed by atoms with Crippen LogP contribution in [0, 0.1) is 0 Å². The first-order valence-corrected chi connectivity index (χ1v) is 6.51. The normalized spacial score (nSPS) is 11.9. The molecule has 21 heavy (non-hydrogen) atoms. The number of esters is 1. The van der Waals surface area contributed by atoms with Crippen LogP contribution in [0.1, 0.15) is 6.92 Å². The number of carboxylic acid groups (broad SMARTS) is 1. The van der Waals surface area contributed by atoms with Crippen molar-refractivity contribution in [1.82, 2.24) is 4.98 Å². The van der Waals surface area contributed by atoms with E-state index in [4.69, 9.17) is 21.4 Å². The number of pyridine rings is 1. The standard InChI is InChI=1S/C14H12ClNO5/c1-2-20-14(19)12(13(17)18)21-10-6-5-9(15)8-4-3-7-16-11(8)10/h3-7,12H,2H2,1H3,(H,17,18). The molecule has 0 aliphatic carbocycles. The molecule has 1 N–H and O–H groups in total. The third kappa shape index (κ3) is 3.22. The average molecular weight is 310 g/mol. The van der Waals surface area contributed by atoms with Crippen molar-refractivity contribution < 1.29 is 24.2 Å². The highest BCUT2D eigenvalue weighted by atomic mass is 35.5. The largest absolute Gasteiger partial charge is 0.478 e. The molecular weight excluding hydrogens is 298 g/mol. The number of hydrogen-bond acceptors (Lipinski definition) is 5. The molecule has 0 saturated carbocycles. The number of aliphatic carboxylic acids is 1. The van der Waals surface area contributed by atoms with Crippen molar-refractivity contribution in [2.75, 3.05) is 6.61 Å². The molecule has 0 radical (unpaired) electrons. The van der Waals surface area contributed by atoms with Crippen LogP contribution in [0.4, 0.5) is 0 Å². The Bertz CT molecular complexity index is 688. The summed E-state index contributed by atoms with van der Waals surface area (Å²) in [7, 11) is 0. The van der Waals surface area contributed by atoms with Gasteiger partial charge < -0.3 is 14.6 Å². The van der Waals surface area contributed by atoms with Crippen molar-refractivity contribution in [3.05, 3.63) is 35.5 Å². The lowest BCUT2D eigenvalue weighted by Crippen LogP contribution is -2.37. The predicted octanol–water partition coefficient (Wildman–Crippen LogP) is 2.28. The van der Waals surface area contributed by atoms with Gasteiger partial charge in [0.1, 0.15) is 11.3 Å². The fourth-order valence-electron chi connectivity index (χ4n) is 1.75. The van der Waals surface area contributed by atoms with E-state index in [9.17, 15) is 9.59 Å². The zero-order valence-corrected chi connectivity index (χ0v) is 11.8. The fourth-order valence-corrected chi connectivity index (χ4v) is 1.97. The van der Waals surface area contributed by atoms with E-state index in [-0.39, 0.29) is 12.4 Å². The molecule has 2 aromatic rings. The summed E-state index contributed by atoms with van der Waals surface area (Å²) >= 11 is 6.04. The van der Waals surface area contributed by atoms with Gasteiger partial charge in [0.2, 0.25) is 0 Å². The van der Waals surface area contributed by atoms with Crippen molar-refractivity contribution >= 4 is 34.4 Å². The molecule has 0 amide bonds. The Balaban J connectivity index is 2.40. The minimum Gasteiger partial charge on any atom is -0.478 e. The van der Waals surface area contributed by atoms with Crippen LogP contribution in [0.3, 0.4) is 0 Å². The molecule has 1 aromatic carbocycles. The molecule has 0 saturated heterocycles. The maximum atomic E-state index is 11.6. The topological polar surface area (TPSA) is 85.7 Å². The number of carboxylic acids is 1. The molecule has 110 valence electrons.